The summed E-state index contributed by atoms with van der Waals surface area (Å²) in [7, 11) is -2.07. The number of carbonyl (C=O) groups excluding carboxylic acids is 2. The molecule has 2 aliphatic heterocycles. The van der Waals surface area contributed by atoms with Gasteiger partial charge in [-0.05, 0) is 73.4 Å². The van der Waals surface area contributed by atoms with Gasteiger partial charge < -0.3 is 4.74 Å². The van der Waals surface area contributed by atoms with Crippen molar-refractivity contribution in [2.75, 3.05) is 20.2 Å². The number of sulfonamides is 1. The molecule has 47 heavy (non-hydrogen) atoms. The van der Waals surface area contributed by atoms with Crippen molar-refractivity contribution >= 4 is 27.9 Å². The van der Waals surface area contributed by atoms with Crippen LogP contribution in [0.1, 0.15) is 37.3 Å². The Morgan fingerprint density at radius 2 is 1.60 bits per heavy atom. The largest absolute Gasteiger partial charge is 0.497 e. The molecule has 0 aliphatic carbocycles. The summed E-state index contributed by atoms with van der Waals surface area (Å²) in [4.78, 5) is 28.5. The van der Waals surface area contributed by atoms with Crippen LogP contribution in [0.2, 0.25) is 0 Å². The molecule has 1 aromatic heterocycles. The summed E-state index contributed by atoms with van der Waals surface area (Å²) in [5.41, 5.74) is 3.51. The lowest BCUT2D eigenvalue weighted by molar-refractivity contribution is -0.141. The molecule has 2 aliphatic rings. The van der Waals surface area contributed by atoms with Crippen LogP contribution >= 0.6 is 0 Å². The molecule has 6 rings (SSSR count). The van der Waals surface area contributed by atoms with E-state index in [1.54, 1.807) is 79.5 Å². The Hall–Kier alpha value is -5.31. The predicted molar refractivity (Wildman–Crippen MR) is 176 cm³/mol. The first kappa shape index (κ1) is 31.7. The van der Waals surface area contributed by atoms with E-state index in [1.165, 1.54) is 4.31 Å². The highest BCUT2D eigenvalue weighted by Crippen LogP contribution is 2.33. The topological polar surface area (TPSA) is 126 Å². The Labute approximate surface area is 273 Å². The molecule has 0 unspecified atom stereocenters. The van der Waals surface area contributed by atoms with Crippen LogP contribution in [0.25, 0.3) is 23.0 Å². The first-order valence-electron chi connectivity index (χ1n) is 15.3. The molecule has 10 nitrogen and oxygen atoms in total. The van der Waals surface area contributed by atoms with E-state index in [1.807, 2.05) is 36.4 Å². The minimum absolute atomic E-state index is 0.0272. The third-order valence-electron chi connectivity index (χ3n) is 8.47. The van der Waals surface area contributed by atoms with Gasteiger partial charge in [0.25, 0.3) is 11.8 Å². The van der Waals surface area contributed by atoms with E-state index in [4.69, 9.17) is 9.84 Å². The van der Waals surface area contributed by atoms with Crippen LogP contribution in [0.5, 0.6) is 5.75 Å². The molecule has 0 bridgehead atoms. The Balaban J connectivity index is 1.42. The van der Waals surface area contributed by atoms with Crippen molar-refractivity contribution in [3.8, 4) is 28.8 Å². The highest BCUT2D eigenvalue weighted by molar-refractivity contribution is 7.89. The average molecular weight is 648 g/mol. The van der Waals surface area contributed by atoms with Crippen molar-refractivity contribution in [1.82, 2.24) is 19.0 Å². The number of nitrogens with zero attached hydrogens (tertiary/aromatic N) is 5. The zero-order valence-corrected chi connectivity index (χ0v) is 26.9. The maximum absolute atomic E-state index is 13.9. The zero-order valence-electron chi connectivity index (χ0n) is 26.1. The summed E-state index contributed by atoms with van der Waals surface area (Å²) in [5.74, 6) is -0.559. The molecular weight excluding hydrogens is 614 g/mol. The Morgan fingerprint density at radius 1 is 0.915 bits per heavy atom. The quantitative estimate of drug-likeness (QED) is 0.182. The van der Waals surface area contributed by atoms with Gasteiger partial charge in [0.1, 0.15) is 17.4 Å². The van der Waals surface area contributed by atoms with Gasteiger partial charge in [-0.15, -0.1) is 0 Å². The third kappa shape index (κ3) is 6.25. The number of ether oxygens (including phenoxy) is 1. The second-order valence-corrected chi connectivity index (χ2v) is 13.4. The van der Waals surface area contributed by atoms with Crippen molar-refractivity contribution in [2.24, 2.45) is 0 Å². The van der Waals surface area contributed by atoms with Gasteiger partial charge >= 0.3 is 0 Å². The van der Waals surface area contributed by atoms with Crippen LogP contribution in [0.4, 0.5) is 0 Å². The Bertz CT molecular complexity index is 2030. The first-order chi connectivity index (χ1) is 22.7. The minimum atomic E-state index is -3.63. The molecule has 2 amide bonds. The normalized spacial score (nSPS) is 16.9. The van der Waals surface area contributed by atoms with E-state index in [0.29, 0.717) is 41.2 Å². The number of methoxy groups -OCH3 is 1. The molecule has 0 spiro atoms. The van der Waals surface area contributed by atoms with Crippen molar-refractivity contribution in [3.63, 3.8) is 0 Å². The van der Waals surface area contributed by atoms with E-state index >= 15 is 0 Å². The summed E-state index contributed by atoms with van der Waals surface area (Å²) >= 11 is 0. The summed E-state index contributed by atoms with van der Waals surface area (Å²) in [5, 5.41) is 14.8. The molecule has 0 N–H and O–H groups in total. The van der Waals surface area contributed by atoms with Crippen LogP contribution in [0, 0.1) is 11.3 Å². The predicted octanol–water partition coefficient (Wildman–Crippen LogP) is 5.51. The maximum Gasteiger partial charge on any atom is 0.271 e. The Kier molecular flexibility index (Phi) is 8.89. The molecule has 1 saturated heterocycles. The number of para-hydroxylation sites is 1. The van der Waals surface area contributed by atoms with Crippen LogP contribution in [-0.2, 0) is 26.2 Å². The standard InChI is InChI=1S/C36H33N5O5S/c1-25-32(35(42)40(36(43)33(25)22-37)23-26-11-15-30(46-2)16-12-26)21-28-24-41(29-9-5-3-6-10-29)38-34(28)27-13-17-31(18-14-27)47(44,45)39-19-7-4-8-20-39/h3,5-6,9-18,21,24H,4,7-8,19-20,23H2,1-2H3/b32-21+. The highest BCUT2D eigenvalue weighted by atomic mass is 32.2. The molecule has 238 valence electrons. The number of imide groups is 1. The van der Waals surface area contributed by atoms with Gasteiger partial charge in [0.15, 0.2) is 0 Å². The van der Waals surface area contributed by atoms with E-state index in [9.17, 15) is 23.3 Å². The highest BCUT2D eigenvalue weighted by Gasteiger charge is 2.36. The molecule has 3 aromatic carbocycles. The van der Waals surface area contributed by atoms with Crippen LogP contribution in [0.3, 0.4) is 0 Å². The van der Waals surface area contributed by atoms with E-state index in [0.717, 1.165) is 29.8 Å². The van der Waals surface area contributed by atoms with Gasteiger partial charge in [-0.1, -0.05) is 48.9 Å². The lowest BCUT2D eigenvalue weighted by Gasteiger charge is -2.27. The van der Waals surface area contributed by atoms with Crippen molar-refractivity contribution in [3.05, 3.63) is 113 Å². The third-order valence-corrected chi connectivity index (χ3v) is 10.4. The second-order valence-electron chi connectivity index (χ2n) is 11.4. The van der Waals surface area contributed by atoms with Crippen molar-refractivity contribution in [2.45, 2.75) is 37.6 Å². The fourth-order valence-electron chi connectivity index (χ4n) is 5.81. The molecule has 3 heterocycles. The monoisotopic (exact) mass is 647 g/mol. The molecule has 4 aromatic rings. The number of hydrogen-bond donors (Lipinski definition) is 0. The van der Waals surface area contributed by atoms with Gasteiger partial charge in [0.05, 0.1) is 29.9 Å². The summed E-state index contributed by atoms with van der Waals surface area (Å²) < 4.78 is 35.0. The molecule has 0 radical (unpaired) electrons. The van der Waals surface area contributed by atoms with Gasteiger partial charge in [-0.25, -0.2) is 13.1 Å². The first-order valence-corrected chi connectivity index (χ1v) is 16.7. The average Bonchev–Trinajstić information content (AvgIpc) is 3.54. The number of hydrogen-bond acceptors (Lipinski definition) is 7. The SMILES string of the molecule is COc1ccc(CN2C(=O)C(C#N)=C(C)/C(=C\c3cn(-c4ccccc4)nc3-c3ccc(S(=O)(=O)N4CCCCC4)cc3)C2=O)cc1. The molecule has 1 fully saturated rings. The number of benzene rings is 3. The van der Waals surface area contributed by atoms with Gasteiger partial charge in [-0.2, -0.15) is 14.7 Å². The van der Waals surface area contributed by atoms with Crippen LogP contribution in [0.15, 0.2) is 107 Å². The minimum Gasteiger partial charge on any atom is -0.497 e. The molecule has 0 atom stereocenters. The molecular formula is C36H33N5O5S. The number of aromatic nitrogens is 2. The van der Waals surface area contributed by atoms with Gasteiger partial charge in [0, 0.05) is 36.0 Å². The fourth-order valence-corrected chi connectivity index (χ4v) is 7.33. The van der Waals surface area contributed by atoms with Gasteiger partial charge in [-0.3, -0.25) is 14.5 Å². The van der Waals surface area contributed by atoms with E-state index < -0.39 is 21.8 Å². The summed E-state index contributed by atoms with van der Waals surface area (Å²) in [6.45, 7) is 2.58. The Morgan fingerprint density at radius 3 is 2.23 bits per heavy atom. The lowest BCUT2D eigenvalue weighted by Crippen LogP contribution is -2.42. The smallest absolute Gasteiger partial charge is 0.271 e. The number of rotatable bonds is 8. The number of carbonyl (C=O) groups is 2. The van der Waals surface area contributed by atoms with Gasteiger partial charge in [0.2, 0.25) is 10.0 Å². The fraction of sp³-hybridized carbons (Fsp3) is 0.222. The lowest BCUT2D eigenvalue weighted by atomic mass is 9.93. The van der Waals surface area contributed by atoms with E-state index in [2.05, 4.69) is 0 Å². The summed E-state index contributed by atoms with van der Waals surface area (Å²) in [6.07, 6.45) is 6.12. The van der Waals surface area contributed by atoms with E-state index in [-0.39, 0.29) is 28.2 Å². The van der Waals surface area contributed by atoms with Crippen molar-refractivity contribution < 1.29 is 22.7 Å². The maximum atomic E-state index is 13.9. The molecule has 0 saturated carbocycles. The number of nitriles is 1. The number of amides is 2. The van der Waals surface area contributed by atoms with Crippen LogP contribution < -0.4 is 4.74 Å². The van der Waals surface area contributed by atoms with Crippen molar-refractivity contribution in [1.29, 1.82) is 5.26 Å². The number of piperidine rings is 1. The second kappa shape index (κ2) is 13.2. The molecule has 11 heteroatoms. The zero-order chi connectivity index (χ0) is 33.1. The van der Waals surface area contributed by atoms with Crippen LogP contribution in [-0.4, -0.2) is 59.4 Å². The summed E-state index contributed by atoms with van der Waals surface area (Å²) in [6, 6.07) is 25.0.